The molecule has 0 aromatic rings. The number of hydrogen-bond donors (Lipinski definition) is 1. The van der Waals surface area contributed by atoms with Crippen molar-refractivity contribution in [3.05, 3.63) is 12.2 Å². The predicted molar refractivity (Wildman–Crippen MR) is 63.6 cm³/mol. The number of carbonyl (C=O) groups excluding carboxylic acids is 1. The Bertz CT molecular complexity index is 215. The summed E-state index contributed by atoms with van der Waals surface area (Å²) in [5.41, 5.74) is 0. The molecule has 2 heteroatoms. The van der Waals surface area contributed by atoms with E-state index in [1.807, 2.05) is 6.92 Å². The van der Waals surface area contributed by atoms with Crippen molar-refractivity contribution in [2.45, 2.75) is 58.4 Å². The quantitative estimate of drug-likeness (QED) is 0.562. The van der Waals surface area contributed by atoms with Crippen LogP contribution in [0.15, 0.2) is 12.2 Å². The number of carbonyl (C=O) groups is 1. The Hall–Kier alpha value is -0.790. The molecule has 0 saturated heterocycles. The second-order valence-corrected chi connectivity index (χ2v) is 4.55. The van der Waals surface area contributed by atoms with Crippen LogP contribution in [-0.4, -0.2) is 11.9 Å². The summed E-state index contributed by atoms with van der Waals surface area (Å²) in [4.78, 5) is 11.4. The van der Waals surface area contributed by atoms with Crippen molar-refractivity contribution < 1.29 is 4.79 Å². The number of nitrogens with one attached hydrogen (secondary N) is 1. The highest BCUT2D eigenvalue weighted by Crippen LogP contribution is 2.25. The van der Waals surface area contributed by atoms with E-state index in [1.165, 1.54) is 38.5 Å². The zero-order chi connectivity index (χ0) is 11.1. The molecule has 86 valence electrons. The molecule has 1 aliphatic carbocycles. The second kappa shape index (κ2) is 6.65. The van der Waals surface area contributed by atoms with Gasteiger partial charge in [-0.25, -0.2) is 0 Å². The summed E-state index contributed by atoms with van der Waals surface area (Å²) >= 11 is 0. The van der Waals surface area contributed by atoms with Crippen LogP contribution in [0.3, 0.4) is 0 Å². The van der Waals surface area contributed by atoms with Gasteiger partial charge in [-0.2, -0.15) is 0 Å². The second-order valence-electron chi connectivity index (χ2n) is 4.55. The number of amides is 1. The largest absolute Gasteiger partial charge is 0.350 e. The fraction of sp³-hybridized carbons (Fsp3) is 0.769. The highest BCUT2D eigenvalue weighted by Gasteiger charge is 2.19. The lowest BCUT2D eigenvalue weighted by molar-refractivity contribution is -0.117. The lowest BCUT2D eigenvalue weighted by atomic mass is 9.93. The van der Waals surface area contributed by atoms with E-state index in [1.54, 1.807) is 12.2 Å². The molecule has 15 heavy (non-hydrogen) atoms. The van der Waals surface area contributed by atoms with E-state index in [4.69, 9.17) is 0 Å². The van der Waals surface area contributed by atoms with Crippen LogP contribution in [0.5, 0.6) is 0 Å². The monoisotopic (exact) mass is 209 g/mol. The van der Waals surface area contributed by atoms with Crippen molar-refractivity contribution in [2.24, 2.45) is 5.92 Å². The maximum Gasteiger partial charge on any atom is 0.243 e. The SMILES string of the molecule is C/C=C/C(=O)N[C@H](C)C1CCCCCC1. The van der Waals surface area contributed by atoms with Crippen LogP contribution in [0.25, 0.3) is 0 Å². The third-order valence-corrected chi connectivity index (χ3v) is 3.29. The Balaban J connectivity index is 2.37. The van der Waals surface area contributed by atoms with Crippen molar-refractivity contribution in [1.82, 2.24) is 5.32 Å². The molecular weight excluding hydrogens is 186 g/mol. The summed E-state index contributed by atoms with van der Waals surface area (Å²) in [7, 11) is 0. The van der Waals surface area contributed by atoms with Crippen molar-refractivity contribution in [1.29, 1.82) is 0 Å². The molecule has 0 spiro atoms. The molecule has 1 rings (SSSR count). The van der Waals surface area contributed by atoms with Crippen molar-refractivity contribution in [3.63, 3.8) is 0 Å². The van der Waals surface area contributed by atoms with Crippen LogP contribution < -0.4 is 5.32 Å². The van der Waals surface area contributed by atoms with Crippen LogP contribution >= 0.6 is 0 Å². The molecule has 1 saturated carbocycles. The van der Waals surface area contributed by atoms with E-state index >= 15 is 0 Å². The molecule has 1 atom stereocenters. The maximum atomic E-state index is 11.4. The van der Waals surface area contributed by atoms with Gasteiger partial charge in [-0.3, -0.25) is 4.79 Å². The molecule has 1 amide bonds. The Labute approximate surface area is 93.1 Å². The highest BCUT2D eigenvalue weighted by molar-refractivity contribution is 5.87. The van der Waals surface area contributed by atoms with Crippen molar-refractivity contribution in [2.75, 3.05) is 0 Å². The van der Waals surface area contributed by atoms with Gasteiger partial charge in [0.25, 0.3) is 0 Å². The first-order valence-corrected chi connectivity index (χ1v) is 6.17. The molecule has 0 bridgehead atoms. The first kappa shape index (κ1) is 12.3. The molecule has 1 fully saturated rings. The van der Waals surface area contributed by atoms with Gasteiger partial charge in [0.15, 0.2) is 0 Å². The van der Waals surface area contributed by atoms with Gasteiger partial charge in [-0.05, 0) is 38.7 Å². The van der Waals surface area contributed by atoms with E-state index in [9.17, 15) is 4.79 Å². The molecule has 0 radical (unpaired) electrons. The first-order valence-electron chi connectivity index (χ1n) is 6.17. The van der Waals surface area contributed by atoms with Crippen LogP contribution in [0.4, 0.5) is 0 Å². The number of hydrogen-bond acceptors (Lipinski definition) is 1. The molecule has 0 aromatic heterocycles. The summed E-state index contributed by atoms with van der Waals surface area (Å²) in [5.74, 6) is 0.732. The maximum absolute atomic E-state index is 11.4. The Kier molecular flexibility index (Phi) is 5.44. The summed E-state index contributed by atoms with van der Waals surface area (Å²) in [5, 5.41) is 3.05. The molecule has 0 unspecified atom stereocenters. The van der Waals surface area contributed by atoms with Crippen LogP contribution in [0.1, 0.15) is 52.4 Å². The van der Waals surface area contributed by atoms with E-state index < -0.39 is 0 Å². The zero-order valence-electron chi connectivity index (χ0n) is 9.96. The third kappa shape index (κ3) is 4.50. The summed E-state index contributed by atoms with van der Waals surface area (Å²) < 4.78 is 0. The van der Waals surface area contributed by atoms with Crippen LogP contribution in [0.2, 0.25) is 0 Å². The molecule has 0 aromatic carbocycles. The van der Waals surface area contributed by atoms with Crippen LogP contribution in [0, 0.1) is 5.92 Å². The van der Waals surface area contributed by atoms with Crippen LogP contribution in [-0.2, 0) is 4.79 Å². The average molecular weight is 209 g/mol. The third-order valence-electron chi connectivity index (χ3n) is 3.29. The standard InChI is InChI=1S/C13H23NO/c1-3-8-13(15)14-11(2)12-9-6-4-5-7-10-12/h3,8,11-12H,4-7,9-10H2,1-2H3,(H,14,15)/b8-3+/t11-/m1/s1. The molecule has 0 aliphatic heterocycles. The van der Waals surface area contributed by atoms with E-state index in [2.05, 4.69) is 12.2 Å². The van der Waals surface area contributed by atoms with Gasteiger partial charge in [-0.1, -0.05) is 31.8 Å². The molecule has 2 nitrogen and oxygen atoms in total. The summed E-state index contributed by atoms with van der Waals surface area (Å²) in [6.07, 6.45) is 11.3. The molecular formula is C13H23NO. The van der Waals surface area contributed by atoms with E-state index in [0.29, 0.717) is 12.0 Å². The normalized spacial score (nSPS) is 21.2. The Morgan fingerprint density at radius 1 is 1.27 bits per heavy atom. The highest BCUT2D eigenvalue weighted by atomic mass is 16.1. The topological polar surface area (TPSA) is 29.1 Å². The van der Waals surface area contributed by atoms with Gasteiger partial charge in [0, 0.05) is 6.04 Å². The van der Waals surface area contributed by atoms with E-state index in [0.717, 1.165) is 0 Å². The Morgan fingerprint density at radius 3 is 2.40 bits per heavy atom. The minimum absolute atomic E-state index is 0.0502. The fourth-order valence-corrected chi connectivity index (χ4v) is 2.35. The van der Waals surface area contributed by atoms with Gasteiger partial charge in [0.1, 0.15) is 0 Å². The van der Waals surface area contributed by atoms with Gasteiger partial charge in [0.2, 0.25) is 5.91 Å². The summed E-state index contributed by atoms with van der Waals surface area (Å²) in [6, 6.07) is 0.326. The smallest absolute Gasteiger partial charge is 0.243 e. The van der Waals surface area contributed by atoms with Gasteiger partial charge in [-0.15, -0.1) is 0 Å². The van der Waals surface area contributed by atoms with Gasteiger partial charge in [0.05, 0.1) is 0 Å². The Morgan fingerprint density at radius 2 is 1.87 bits per heavy atom. The molecule has 1 N–H and O–H groups in total. The molecule has 1 aliphatic rings. The fourth-order valence-electron chi connectivity index (χ4n) is 2.35. The van der Waals surface area contributed by atoms with E-state index in [-0.39, 0.29) is 5.91 Å². The average Bonchev–Trinajstić information content (AvgIpc) is 2.45. The first-order chi connectivity index (χ1) is 7.24. The van der Waals surface area contributed by atoms with Crippen molar-refractivity contribution in [3.8, 4) is 0 Å². The van der Waals surface area contributed by atoms with Crippen molar-refractivity contribution >= 4 is 5.91 Å². The zero-order valence-corrected chi connectivity index (χ0v) is 9.96. The predicted octanol–water partition coefficient (Wildman–Crippen LogP) is 3.04. The number of allylic oxidation sites excluding steroid dienone is 1. The molecule has 0 heterocycles. The number of rotatable bonds is 3. The van der Waals surface area contributed by atoms with Gasteiger partial charge >= 0.3 is 0 Å². The minimum Gasteiger partial charge on any atom is -0.350 e. The minimum atomic E-state index is 0.0502. The van der Waals surface area contributed by atoms with Gasteiger partial charge < -0.3 is 5.32 Å². The summed E-state index contributed by atoms with van der Waals surface area (Å²) in [6.45, 7) is 4.01. The lowest BCUT2D eigenvalue weighted by Crippen LogP contribution is -2.37. The lowest BCUT2D eigenvalue weighted by Gasteiger charge is -2.22.